The number of para-hydroxylation sites is 1. The molecule has 1 atom stereocenters. The molecular formula is C28H32ClN3O4S. The van der Waals surface area contributed by atoms with E-state index in [1.807, 2.05) is 45.0 Å². The van der Waals surface area contributed by atoms with E-state index < -0.39 is 28.5 Å². The van der Waals surface area contributed by atoms with E-state index >= 15 is 0 Å². The van der Waals surface area contributed by atoms with E-state index in [-0.39, 0.29) is 17.3 Å². The summed E-state index contributed by atoms with van der Waals surface area (Å²) >= 11 is 5.97. The number of nitrogens with one attached hydrogen (secondary N) is 1. The molecule has 3 aromatic rings. The minimum Gasteiger partial charge on any atom is -0.355 e. The van der Waals surface area contributed by atoms with Gasteiger partial charge in [0.15, 0.2) is 0 Å². The Morgan fingerprint density at radius 2 is 1.54 bits per heavy atom. The van der Waals surface area contributed by atoms with Crippen LogP contribution in [-0.4, -0.2) is 44.3 Å². The largest absolute Gasteiger partial charge is 0.355 e. The molecule has 0 aliphatic heterocycles. The number of carbonyl (C=O) groups is 2. The summed E-state index contributed by atoms with van der Waals surface area (Å²) in [7, 11) is -4.12. The number of rotatable bonds is 11. The van der Waals surface area contributed by atoms with Gasteiger partial charge in [-0.2, -0.15) is 0 Å². The van der Waals surface area contributed by atoms with E-state index in [2.05, 4.69) is 5.32 Å². The molecule has 2 amide bonds. The lowest BCUT2D eigenvalue weighted by molar-refractivity contribution is -0.140. The number of nitrogens with zero attached hydrogens (tertiary/aromatic N) is 2. The van der Waals surface area contributed by atoms with Gasteiger partial charge >= 0.3 is 0 Å². The van der Waals surface area contributed by atoms with E-state index in [9.17, 15) is 18.0 Å². The van der Waals surface area contributed by atoms with Crippen molar-refractivity contribution in [2.24, 2.45) is 0 Å². The standard InChI is InChI=1S/C28H32ClN3O4S/c1-4-26(28(34)30-5-2)31(19-22-12-10-9-11-21(22)3)27(33)20-32(24-13-7-6-8-14-24)37(35,36)25-17-15-23(29)16-18-25/h6-18,26H,4-5,19-20H2,1-3H3,(H,30,34). The molecule has 0 aromatic heterocycles. The lowest BCUT2D eigenvalue weighted by Crippen LogP contribution is -2.52. The SMILES string of the molecule is CCNC(=O)C(CC)N(Cc1ccccc1C)C(=O)CN(c1ccccc1)S(=O)(=O)c1ccc(Cl)cc1. The molecule has 9 heteroatoms. The Balaban J connectivity index is 2.04. The Morgan fingerprint density at radius 1 is 0.919 bits per heavy atom. The van der Waals surface area contributed by atoms with Crippen LogP contribution in [0.1, 0.15) is 31.4 Å². The summed E-state index contributed by atoms with van der Waals surface area (Å²) in [5.41, 5.74) is 2.19. The number of sulfonamides is 1. The van der Waals surface area contributed by atoms with E-state index in [4.69, 9.17) is 11.6 Å². The molecule has 0 radical (unpaired) electrons. The summed E-state index contributed by atoms with van der Waals surface area (Å²) in [6.45, 7) is 5.70. The van der Waals surface area contributed by atoms with Crippen molar-refractivity contribution in [2.75, 3.05) is 17.4 Å². The van der Waals surface area contributed by atoms with Gasteiger partial charge in [0.05, 0.1) is 10.6 Å². The first-order valence-corrected chi connectivity index (χ1v) is 14.0. The highest BCUT2D eigenvalue weighted by Crippen LogP contribution is 2.25. The number of amides is 2. The first kappa shape index (κ1) is 28.2. The average molecular weight is 542 g/mol. The summed E-state index contributed by atoms with van der Waals surface area (Å²) in [4.78, 5) is 28.3. The van der Waals surface area contributed by atoms with Crippen LogP contribution >= 0.6 is 11.6 Å². The number of anilines is 1. The minimum atomic E-state index is -4.12. The van der Waals surface area contributed by atoms with Crippen LogP contribution in [0, 0.1) is 6.92 Å². The maximum Gasteiger partial charge on any atom is 0.264 e. The highest BCUT2D eigenvalue weighted by Gasteiger charge is 2.33. The van der Waals surface area contributed by atoms with E-state index in [0.717, 1.165) is 15.4 Å². The van der Waals surface area contributed by atoms with Crippen LogP contribution in [0.2, 0.25) is 5.02 Å². The van der Waals surface area contributed by atoms with Gasteiger partial charge in [-0.1, -0.05) is 61.0 Å². The van der Waals surface area contributed by atoms with Crippen LogP contribution in [-0.2, 0) is 26.2 Å². The molecule has 1 unspecified atom stereocenters. The smallest absolute Gasteiger partial charge is 0.264 e. The van der Waals surface area contributed by atoms with Crippen molar-refractivity contribution in [3.8, 4) is 0 Å². The average Bonchev–Trinajstić information content (AvgIpc) is 2.89. The third-order valence-corrected chi connectivity index (χ3v) is 8.10. The molecule has 0 heterocycles. The summed E-state index contributed by atoms with van der Waals surface area (Å²) in [6.07, 6.45) is 0.374. The maximum absolute atomic E-state index is 13.9. The second-order valence-electron chi connectivity index (χ2n) is 8.57. The fraction of sp³-hybridized carbons (Fsp3) is 0.286. The Morgan fingerprint density at radius 3 is 2.14 bits per heavy atom. The van der Waals surface area contributed by atoms with Crippen molar-refractivity contribution < 1.29 is 18.0 Å². The highest BCUT2D eigenvalue weighted by molar-refractivity contribution is 7.92. The first-order chi connectivity index (χ1) is 17.7. The third-order valence-electron chi connectivity index (χ3n) is 6.06. The van der Waals surface area contributed by atoms with Gasteiger partial charge in [0, 0.05) is 18.1 Å². The maximum atomic E-state index is 13.9. The molecule has 0 fully saturated rings. The normalized spacial score (nSPS) is 12.0. The minimum absolute atomic E-state index is 0.00905. The second kappa shape index (κ2) is 12.7. The summed E-state index contributed by atoms with van der Waals surface area (Å²) in [6, 6.07) is 21.1. The fourth-order valence-electron chi connectivity index (χ4n) is 4.04. The molecule has 0 bridgehead atoms. The quantitative estimate of drug-likeness (QED) is 0.378. The first-order valence-electron chi connectivity index (χ1n) is 12.1. The number of benzene rings is 3. The lowest BCUT2D eigenvalue weighted by atomic mass is 10.1. The van der Waals surface area contributed by atoms with E-state index in [0.29, 0.717) is 23.7 Å². The predicted octanol–water partition coefficient (Wildman–Crippen LogP) is 4.79. The molecule has 37 heavy (non-hydrogen) atoms. The van der Waals surface area contributed by atoms with Gasteiger partial charge in [-0.15, -0.1) is 0 Å². The molecule has 0 saturated carbocycles. The molecule has 1 N–H and O–H groups in total. The molecule has 3 rings (SSSR count). The van der Waals surface area contributed by atoms with Crippen molar-refractivity contribution in [3.63, 3.8) is 0 Å². The zero-order chi connectivity index (χ0) is 27.0. The number of halogens is 1. The van der Waals surface area contributed by atoms with Gasteiger partial charge in [-0.3, -0.25) is 13.9 Å². The van der Waals surface area contributed by atoms with Crippen LogP contribution in [0.25, 0.3) is 0 Å². The summed E-state index contributed by atoms with van der Waals surface area (Å²) in [5, 5.41) is 3.20. The lowest BCUT2D eigenvalue weighted by Gasteiger charge is -2.33. The van der Waals surface area contributed by atoms with Gasteiger partial charge in [-0.25, -0.2) is 8.42 Å². The van der Waals surface area contributed by atoms with E-state index in [1.54, 1.807) is 30.3 Å². The molecular weight excluding hydrogens is 510 g/mol. The predicted molar refractivity (Wildman–Crippen MR) is 147 cm³/mol. The number of aryl methyl sites for hydroxylation is 1. The van der Waals surface area contributed by atoms with Crippen molar-refractivity contribution in [1.29, 1.82) is 0 Å². The molecule has 196 valence electrons. The second-order valence-corrected chi connectivity index (χ2v) is 10.9. The van der Waals surface area contributed by atoms with Crippen LogP contribution in [0.3, 0.4) is 0 Å². The molecule has 7 nitrogen and oxygen atoms in total. The topological polar surface area (TPSA) is 86.8 Å². The Kier molecular flexibility index (Phi) is 9.72. The van der Waals surface area contributed by atoms with Crippen LogP contribution < -0.4 is 9.62 Å². The molecule has 3 aromatic carbocycles. The fourth-order valence-corrected chi connectivity index (χ4v) is 5.58. The van der Waals surface area contributed by atoms with Crippen LogP contribution in [0.15, 0.2) is 83.8 Å². The zero-order valence-corrected chi connectivity index (χ0v) is 22.8. The number of carbonyl (C=O) groups excluding carboxylic acids is 2. The summed E-state index contributed by atoms with van der Waals surface area (Å²) in [5.74, 6) is -0.762. The van der Waals surface area contributed by atoms with Gasteiger partial charge < -0.3 is 10.2 Å². The summed E-state index contributed by atoms with van der Waals surface area (Å²) < 4.78 is 28.5. The van der Waals surface area contributed by atoms with Gasteiger partial charge in [0.2, 0.25) is 11.8 Å². The zero-order valence-electron chi connectivity index (χ0n) is 21.2. The molecule has 0 spiro atoms. The van der Waals surface area contributed by atoms with Crippen molar-refractivity contribution in [3.05, 3.63) is 95.0 Å². The van der Waals surface area contributed by atoms with Gasteiger partial charge in [0.25, 0.3) is 10.0 Å². The molecule has 0 aliphatic carbocycles. The van der Waals surface area contributed by atoms with Gasteiger partial charge in [-0.05, 0) is 67.8 Å². The Hall–Kier alpha value is -3.36. The third kappa shape index (κ3) is 6.90. The Labute approximate surface area is 224 Å². The molecule has 0 aliphatic rings. The number of hydrogen-bond acceptors (Lipinski definition) is 4. The van der Waals surface area contributed by atoms with E-state index in [1.165, 1.54) is 29.2 Å². The van der Waals surface area contributed by atoms with Crippen molar-refractivity contribution in [2.45, 2.75) is 44.7 Å². The van der Waals surface area contributed by atoms with Gasteiger partial charge in [0.1, 0.15) is 12.6 Å². The molecule has 0 saturated heterocycles. The number of likely N-dealkylation sites (N-methyl/N-ethyl adjacent to an activating group) is 1. The van der Waals surface area contributed by atoms with Crippen molar-refractivity contribution >= 4 is 39.1 Å². The van der Waals surface area contributed by atoms with Crippen LogP contribution in [0.5, 0.6) is 0 Å². The Bertz CT molecular complexity index is 1310. The van der Waals surface area contributed by atoms with Crippen molar-refractivity contribution in [1.82, 2.24) is 10.2 Å². The number of hydrogen-bond donors (Lipinski definition) is 1. The highest BCUT2D eigenvalue weighted by atomic mass is 35.5. The van der Waals surface area contributed by atoms with Crippen LogP contribution in [0.4, 0.5) is 5.69 Å². The monoisotopic (exact) mass is 541 g/mol.